The molecule has 1 N–H and O–H groups in total. The molecule has 0 saturated heterocycles. The van der Waals surface area contributed by atoms with Crippen molar-refractivity contribution in [2.75, 3.05) is 23.9 Å². The summed E-state index contributed by atoms with van der Waals surface area (Å²) in [4.78, 5) is 29.0. The first-order chi connectivity index (χ1) is 19.2. The number of aryl methyl sites for hydroxylation is 2. The lowest BCUT2D eigenvalue weighted by atomic mass is 10.1. The topological polar surface area (TPSA) is 86.8 Å². The number of nitrogens with zero attached hydrogens (tertiary/aromatic N) is 2. The van der Waals surface area contributed by atoms with E-state index in [9.17, 15) is 18.0 Å². The number of carbonyl (C=O) groups is 2. The van der Waals surface area contributed by atoms with Crippen molar-refractivity contribution in [3.63, 3.8) is 0 Å². The minimum atomic E-state index is -4.07. The zero-order valence-electron chi connectivity index (χ0n) is 24.0. The smallest absolute Gasteiger partial charge is 0.264 e. The SMILES string of the molecule is CCCCNC(=O)C(CC)N(CCc1ccccc1)C(=O)CN(c1cc(C)ccc1C)S(=O)(=O)c1ccccc1. The highest BCUT2D eigenvalue weighted by atomic mass is 32.2. The summed E-state index contributed by atoms with van der Waals surface area (Å²) in [5.74, 6) is -0.643. The van der Waals surface area contributed by atoms with Crippen LogP contribution < -0.4 is 9.62 Å². The van der Waals surface area contributed by atoms with Crippen molar-refractivity contribution in [1.29, 1.82) is 0 Å². The molecule has 8 heteroatoms. The van der Waals surface area contributed by atoms with Gasteiger partial charge in [-0.25, -0.2) is 8.42 Å². The lowest BCUT2D eigenvalue weighted by Gasteiger charge is -2.33. The summed E-state index contributed by atoms with van der Waals surface area (Å²) in [5, 5.41) is 2.96. The molecule has 3 aromatic carbocycles. The van der Waals surface area contributed by atoms with Gasteiger partial charge in [-0.3, -0.25) is 13.9 Å². The fraction of sp³-hybridized carbons (Fsp3) is 0.375. The molecule has 2 amide bonds. The number of hydrogen-bond donors (Lipinski definition) is 1. The summed E-state index contributed by atoms with van der Waals surface area (Å²) in [5.41, 5.74) is 3.09. The first-order valence-electron chi connectivity index (χ1n) is 13.9. The minimum absolute atomic E-state index is 0.101. The van der Waals surface area contributed by atoms with Crippen molar-refractivity contribution in [3.05, 3.63) is 95.6 Å². The third-order valence-corrected chi connectivity index (χ3v) is 8.72. The molecule has 1 unspecified atom stereocenters. The van der Waals surface area contributed by atoms with Gasteiger partial charge in [-0.15, -0.1) is 0 Å². The number of nitrogens with one attached hydrogen (secondary N) is 1. The first kappa shape index (κ1) is 30.9. The van der Waals surface area contributed by atoms with E-state index in [1.807, 2.05) is 70.2 Å². The third kappa shape index (κ3) is 7.94. The fourth-order valence-corrected chi connectivity index (χ4v) is 6.11. The van der Waals surface area contributed by atoms with Crippen molar-refractivity contribution in [2.45, 2.75) is 64.3 Å². The number of sulfonamides is 1. The number of carbonyl (C=O) groups excluding carboxylic acids is 2. The molecule has 0 aliphatic rings. The second-order valence-corrected chi connectivity index (χ2v) is 11.9. The van der Waals surface area contributed by atoms with Crippen molar-refractivity contribution in [1.82, 2.24) is 10.2 Å². The summed E-state index contributed by atoms with van der Waals surface area (Å²) >= 11 is 0. The van der Waals surface area contributed by atoms with Crippen LogP contribution in [0.25, 0.3) is 0 Å². The van der Waals surface area contributed by atoms with Gasteiger partial charge in [-0.1, -0.05) is 80.9 Å². The monoisotopic (exact) mass is 563 g/mol. The number of benzene rings is 3. The molecule has 0 saturated carbocycles. The fourth-order valence-electron chi connectivity index (χ4n) is 4.62. The van der Waals surface area contributed by atoms with E-state index in [1.54, 1.807) is 29.2 Å². The third-order valence-electron chi connectivity index (χ3n) is 6.94. The van der Waals surface area contributed by atoms with Gasteiger partial charge in [0.15, 0.2) is 0 Å². The van der Waals surface area contributed by atoms with E-state index < -0.39 is 28.5 Å². The van der Waals surface area contributed by atoms with Crippen LogP contribution in [-0.4, -0.2) is 50.8 Å². The molecule has 1 atom stereocenters. The highest BCUT2D eigenvalue weighted by Crippen LogP contribution is 2.28. The molecule has 3 aromatic rings. The number of anilines is 1. The van der Waals surface area contributed by atoms with Gasteiger partial charge in [0, 0.05) is 13.1 Å². The molecule has 0 bridgehead atoms. The Morgan fingerprint density at radius 3 is 2.17 bits per heavy atom. The van der Waals surface area contributed by atoms with Gasteiger partial charge >= 0.3 is 0 Å². The minimum Gasteiger partial charge on any atom is -0.354 e. The van der Waals surface area contributed by atoms with E-state index in [2.05, 4.69) is 5.32 Å². The molecule has 214 valence electrons. The average Bonchev–Trinajstić information content (AvgIpc) is 2.96. The maximum Gasteiger partial charge on any atom is 0.264 e. The number of unbranched alkanes of at least 4 members (excludes halogenated alkanes) is 1. The highest BCUT2D eigenvalue weighted by Gasteiger charge is 2.33. The Morgan fingerprint density at radius 2 is 1.55 bits per heavy atom. The molecule has 0 aliphatic heterocycles. The number of rotatable bonds is 14. The van der Waals surface area contributed by atoms with E-state index in [4.69, 9.17) is 0 Å². The first-order valence-corrected chi connectivity index (χ1v) is 15.4. The molecular weight excluding hydrogens is 522 g/mol. The van der Waals surface area contributed by atoms with Gasteiger partial charge in [0.05, 0.1) is 10.6 Å². The molecular formula is C32H41N3O4S. The van der Waals surface area contributed by atoms with Crippen molar-refractivity contribution >= 4 is 27.5 Å². The van der Waals surface area contributed by atoms with Gasteiger partial charge in [-0.2, -0.15) is 0 Å². The van der Waals surface area contributed by atoms with Crippen LogP contribution in [0.1, 0.15) is 49.8 Å². The van der Waals surface area contributed by atoms with Gasteiger partial charge in [-0.05, 0) is 68.0 Å². The Kier molecular flexibility index (Phi) is 11.3. The van der Waals surface area contributed by atoms with Crippen molar-refractivity contribution < 1.29 is 18.0 Å². The van der Waals surface area contributed by atoms with E-state index in [1.165, 1.54) is 16.4 Å². The van der Waals surface area contributed by atoms with E-state index in [0.29, 0.717) is 25.1 Å². The zero-order valence-corrected chi connectivity index (χ0v) is 24.8. The molecule has 7 nitrogen and oxygen atoms in total. The molecule has 0 radical (unpaired) electrons. The van der Waals surface area contributed by atoms with Crippen molar-refractivity contribution in [2.24, 2.45) is 0 Å². The van der Waals surface area contributed by atoms with Gasteiger partial charge < -0.3 is 10.2 Å². The number of hydrogen-bond acceptors (Lipinski definition) is 4. The Hall–Kier alpha value is -3.65. The largest absolute Gasteiger partial charge is 0.354 e. The van der Waals surface area contributed by atoms with E-state index >= 15 is 0 Å². The Labute approximate surface area is 239 Å². The molecule has 0 aliphatic carbocycles. The molecule has 0 heterocycles. The predicted molar refractivity (Wildman–Crippen MR) is 161 cm³/mol. The van der Waals surface area contributed by atoms with Gasteiger partial charge in [0.25, 0.3) is 10.0 Å². The van der Waals surface area contributed by atoms with E-state index in [-0.39, 0.29) is 17.3 Å². The molecule has 0 aromatic heterocycles. The predicted octanol–water partition coefficient (Wildman–Crippen LogP) is 5.26. The van der Waals surface area contributed by atoms with Gasteiger partial charge in [0.2, 0.25) is 11.8 Å². The maximum absolute atomic E-state index is 14.1. The summed E-state index contributed by atoms with van der Waals surface area (Å²) in [6.07, 6.45) is 2.74. The van der Waals surface area contributed by atoms with Crippen LogP contribution in [0.5, 0.6) is 0 Å². The van der Waals surface area contributed by atoms with Gasteiger partial charge in [0.1, 0.15) is 12.6 Å². The van der Waals surface area contributed by atoms with Crippen molar-refractivity contribution in [3.8, 4) is 0 Å². The van der Waals surface area contributed by atoms with E-state index in [0.717, 1.165) is 29.5 Å². The Morgan fingerprint density at radius 1 is 0.900 bits per heavy atom. The number of amides is 2. The Bertz CT molecular complexity index is 1360. The lowest BCUT2D eigenvalue weighted by molar-refractivity contribution is -0.139. The van der Waals surface area contributed by atoms with Crippen LogP contribution in [0, 0.1) is 13.8 Å². The zero-order chi connectivity index (χ0) is 29.1. The second-order valence-electron chi connectivity index (χ2n) is 10.0. The quantitative estimate of drug-likeness (QED) is 0.271. The van der Waals surface area contributed by atoms with Crippen LogP contribution in [0.4, 0.5) is 5.69 Å². The molecule has 0 spiro atoms. The van der Waals surface area contributed by atoms with Crippen LogP contribution in [0.3, 0.4) is 0 Å². The normalized spacial score (nSPS) is 12.0. The summed E-state index contributed by atoms with van der Waals surface area (Å²) in [6.45, 7) is 8.03. The average molecular weight is 564 g/mol. The standard InChI is InChI=1S/C32H41N3O4S/c1-5-7-21-33-32(37)29(6-2)34(22-20-27-14-10-8-11-15-27)31(36)24-35(30-23-25(3)18-19-26(30)4)40(38,39)28-16-12-9-13-17-28/h8-19,23,29H,5-7,20-22,24H2,1-4H3,(H,33,37). The molecule has 40 heavy (non-hydrogen) atoms. The summed E-state index contributed by atoms with van der Waals surface area (Å²) < 4.78 is 29.1. The Balaban J connectivity index is 2.01. The summed E-state index contributed by atoms with van der Waals surface area (Å²) in [6, 6.07) is 22.7. The van der Waals surface area contributed by atoms with Crippen LogP contribution in [0.15, 0.2) is 83.8 Å². The van der Waals surface area contributed by atoms with Crippen LogP contribution >= 0.6 is 0 Å². The maximum atomic E-state index is 14.1. The van der Waals surface area contributed by atoms with Crippen LogP contribution in [0.2, 0.25) is 0 Å². The molecule has 0 fully saturated rings. The molecule has 3 rings (SSSR count). The summed E-state index contributed by atoms with van der Waals surface area (Å²) in [7, 11) is -4.07. The highest BCUT2D eigenvalue weighted by molar-refractivity contribution is 7.92. The van der Waals surface area contributed by atoms with Crippen LogP contribution in [-0.2, 0) is 26.0 Å². The second kappa shape index (κ2) is 14.7. The lowest BCUT2D eigenvalue weighted by Crippen LogP contribution is -2.53.